The number of pyridine rings is 1. The predicted molar refractivity (Wildman–Crippen MR) is 166 cm³/mol. The fraction of sp³-hybridized carbons (Fsp3) is 0.312. The van der Waals surface area contributed by atoms with Crippen molar-refractivity contribution < 1.29 is 9.52 Å². The second-order valence-corrected chi connectivity index (χ2v) is 10.8. The van der Waals surface area contributed by atoms with Gasteiger partial charge in [0.1, 0.15) is 5.82 Å². The Hall–Kier alpha value is -4.41. The van der Waals surface area contributed by atoms with Crippen LogP contribution in [0.4, 0.5) is 0 Å². The Morgan fingerprint density at radius 2 is 1.79 bits per heavy atom. The largest absolute Gasteiger partial charge is 0.618 e. The smallest absolute Gasteiger partial charge is 0.266 e. The summed E-state index contributed by atoms with van der Waals surface area (Å²) < 4.78 is 2.67. The minimum absolute atomic E-state index is 0.00115. The topological polar surface area (TPSA) is 120 Å². The van der Waals surface area contributed by atoms with Crippen LogP contribution in [-0.2, 0) is 19.5 Å². The molecular weight excluding hydrogens is 564 g/mol. The van der Waals surface area contributed by atoms with Gasteiger partial charge in [-0.2, -0.15) is 4.73 Å². The van der Waals surface area contributed by atoms with Crippen LogP contribution in [0, 0.1) is 5.21 Å². The summed E-state index contributed by atoms with van der Waals surface area (Å²) in [4.78, 5) is 19.2. The van der Waals surface area contributed by atoms with E-state index < -0.39 is 0 Å². The maximum Gasteiger partial charge on any atom is 0.266 e. The van der Waals surface area contributed by atoms with Crippen molar-refractivity contribution in [1.82, 2.24) is 35.1 Å². The highest BCUT2D eigenvalue weighted by molar-refractivity contribution is 6.32. The van der Waals surface area contributed by atoms with Gasteiger partial charge in [-0.05, 0) is 58.8 Å². The molecule has 3 aromatic heterocycles. The number of aryl methyl sites for hydroxylation is 1. The fourth-order valence-corrected chi connectivity index (χ4v) is 5.66. The van der Waals surface area contributed by atoms with Crippen LogP contribution in [0.1, 0.15) is 61.1 Å². The van der Waals surface area contributed by atoms with E-state index >= 15 is 0 Å². The van der Waals surface area contributed by atoms with Gasteiger partial charge in [-0.3, -0.25) is 9.69 Å². The number of hydrogen-bond acceptors (Lipinski definition) is 7. The number of aromatic amines is 1. The number of H-pyrrole nitrogens is 1. The van der Waals surface area contributed by atoms with Crippen LogP contribution in [0.15, 0.2) is 60.8 Å². The molecule has 0 spiro atoms. The van der Waals surface area contributed by atoms with E-state index in [0.717, 1.165) is 59.6 Å². The zero-order valence-electron chi connectivity index (χ0n) is 24.6. The number of carbonyl (C=O) groups is 1. The molecule has 2 aromatic carbocycles. The van der Waals surface area contributed by atoms with Crippen molar-refractivity contribution in [2.45, 2.75) is 53.1 Å². The van der Waals surface area contributed by atoms with Gasteiger partial charge in [-0.15, -0.1) is 5.10 Å². The maximum absolute atomic E-state index is 13.1. The van der Waals surface area contributed by atoms with Crippen LogP contribution in [0.3, 0.4) is 0 Å². The fourth-order valence-electron chi connectivity index (χ4n) is 5.36. The molecule has 0 amide bonds. The van der Waals surface area contributed by atoms with Crippen molar-refractivity contribution >= 4 is 17.9 Å². The molecule has 10 nitrogen and oxygen atoms in total. The number of halogens is 1. The molecule has 0 unspecified atom stereocenters. The molecule has 5 rings (SSSR count). The van der Waals surface area contributed by atoms with Crippen LogP contribution < -0.4 is 4.73 Å². The quantitative estimate of drug-likeness (QED) is 0.104. The van der Waals surface area contributed by atoms with Gasteiger partial charge in [0.2, 0.25) is 6.29 Å². The minimum atomic E-state index is 0.00115. The summed E-state index contributed by atoms with van der Waals surface area (Å²) in [6.07, 6.45) is 4.65. The Morgan fingerprint density at radius 1 is 1.02 bits per heavy atom. The Bertz CT molecular complexity index is 1680. The monoisotopic (exact) mass is 598 g/mol. The van der Waals surface area contributed by atoms with Gasteiger partial charge >= 0.3 is 0 Å². The summed E-state index contributed by atoms with van der Waals surface area (Å²) in [5, 5.41) is 28.0. The lowest BCUT2D eigenvalue weighted by Crippen LogP contribution is -2.34. The standard InChI is InChI=1S/C32H35ClN8O2/c1-4-7-13-29-34-31(33)30(27-17-23(18-39(5-2)6-3)20-41(43)28(27)21-42)40(29)19-22-14-15-25(24-11-9-8-10-12-24)26(16-22)32-35-37-38-36-32/h8-12,14-17,20-21H,4-7,13,18-19H2,1-3H3,(H,35,36,37,38). The molecule has 5 aromatic rings. The van der Waals surface area contributed by atoms with Crippen LogP contribution >= 0.6 is 11.6 Å². The molecule has 0 saturated heterocycles. The molecule has 0 atom stereocenters. The first kappa shape index (κ1) is 30.1. The molecule has 0 aliphatic rings. The zero-order valence-corrected chi connectivity index (χ0v) is 25.4. The SMILES string of the molecule is CCCCc1nc(Cl)c(-c2cc(CN(CC)CC)c[n+]([O-])c2C=O)n1Cc1ccc(-c2ccccc2)c(-c2nnn[nH]2)c1. The molecule has 0 aliphatic carbocycles. The molecule has 0 radical (unpaired) electrons. The highest BCUT2D eigenvalue weighted by atomic mass is 35.5. The first-order chi connectivity index (χ1) is 21.0. The second-order valence-electron chi connectivity index (χ2n) is 10.4. The number of carbonyl (C=O) groups excluding carboxylic acids is 1. The van der Waals surface area contributed by atoms with Gasteiger partial charge < -0.3 is 9.77 Å². The van der Waals surface area contributed by atoms with Crippen molar-refractivity contribution in [3.8, 4) is 33.8 Å². The molecule has 3 heterocycles. The Morgan fingerprint density at radius 3 is 2.47 bits per heavy atom. The summed E-state index contributed by atoms with van der Waals surface area (Å²) in [6, 6.07) is 18.1. The third-order valence-corrected chi connectivity index (χ3v) is 7.93. The third-order valence-electron chi connectivity index (χ3n) is 7.66. The van der Waals surface area contributed by atoms with Crippen LogP contribution in [0.5, 0.6) is 0 Å². The molecule has 0 saturated carbocycles. The number of imidazole rings is 1. The van der Waals surface area contributed by atoms with Gasteiger partial charge in [0.15, 0.2) is 17.2 Å². The highest BCUT2D eigenvalue weighted by Gasteiger charge is 2.26. The Balaban J connectivity index is 1.65. The minimum Gasteiger partial charge on any atom is -0.618 e. The normalized spacial score (nSPS) is 11.4. The number of nitrogens with one attached hydrogen (secondary N) is 1. The first-order valence-corrected chi connectivity index (χ1v) is 15.0. The average Bonchev–Trinajstić information content (AvgIpc) is 3.67. The molecular formula is C32H35ClN8O2. The van der Waals surface area contributed by atoms with E-state index in [1.807, 2.05) is 41.0 Å². The van der Waals surface area contributed by atoms with Gasteiger partial charge in [0.05, 0.1) is 11.3 Å². The lowest BCUT2D eigenvalue weighted by atomic mass is 9.97. The van der Waals surface area contributed by atoms with Crippen molar-refractivity contribution in [2.75, 3.05) is 13.1 Å². The summed E-state index contributed by atoms with van der Waals surface area (Å²) in [7, 11) is 0. The van der Waals surface area contributed by atoms with E-state index in [1.54, 1.807) is 0 Å². The first-order valence-electron chi connectivity index (χ1n) is 14.6. The average molecular weight is 599 g/mol. The van der Waals surface area contributed by atoms with E-state index in [2.05, 4.69) is 64.5 Å². The van der Waals surface area contributed by atoms with Gasteiger partial charge in [-0.1, -0.05) is 81.3 Å². The summed E-state index contributed by atoms with van der Waals surface area (Å²) in [5.41, 5.74) is 5.65. The van der Waals surface area contributed by atoms with Crippen LogP contribution in [0.2, 0.25) is 5.15 Å². The van der Waals surface area contributed by atoms with Crippen LogP contribution in [-0.4, -0.2) is 54.5 Å². The van der Waals surface area contributed by atoms with Crippen molar-refractivity contribution in [3.63, 3.8) is 0 Å². The third kappa shape index (κ3) is 6.50. The van der Waals surface area contributed by atoms with Gasteiger partial charge in [-0.25, -0.2) is 10.1 Å². The summed E-state index contributed by atoms with van der Waals surface area (Å²) >= 11 is 6.84. The van der Waals surface area contributed by atoms with Crippen molar-refractivity contribution in [3.05, 3.63) is 93.8 Å². The number of aromatic nitrogens is 7. The highest BCUT2D eigenvalue weighted by Crippen LogP contribution is 2.35. The van der Waals surface area contributed by atoms with E-state index in [0.29, 0.717) is 47.6 Å². The number of nitrogens with zero attached hydrogens (tertiary/aromatic N) is 7. The molecule has 0 aliphatic heterocycles. The summed E-state index contributed by atoms with van der Waals surface area (Å²) in [6.45, 7) is 8.93. The number of tetrazole rings is 1. The van der Waals surface area contributed by atoms with Gasteiger partial charge in [0.25, 0.3) is 5.69 Å². The van der Waals surface area contributed by atoms with E-state index in [1.165, 1.54) is 6.20 Å². The molecule has 1 N–H and O–H groups in total. The Labute approximate surface area is 255 Å². The molecule has 222 valence electrons. The number of rotatable bonds is 13. The zero-order chi connectivity index (χ0) is 30.3. The van der Waals surface area contributed by atoms with E-state index in [-0.39, 0.29) is 10.8 Å². The molecule has 0 fully saturated rings. The van der Waals surface area contributed by atoms with E-state index in [9.17, 15) is 10.0 Å². The maximum atomic E-state index is 13.1. The van der Waals surface area contributed by atoms with Crippen molar-refractivity contribution in [2.24, 2.45) is 0 Å². The number of hydrogen-bond donors (Lipinski definition) is 1. The molecule has 11 heteroatoms. The predicted octanol–water partition coefficient (Wildman–Crippen LogP) is 5.73. The lowest BCUT2D eigenvalue weighted by Gasteiger charge is -2.19. The number of unbranched alkanes of at least 4 members (excludes halogenated alkanes) is 1. The Kier molecular flexibility index (Phi) is 9.58. The number of benzene rings is 2. The lowest BCUT2D eigenvalue weighted by molar-refractivity contribution is -0.607. The second kappa shape index (κ2) is 13.7. The van der Waals surface area contributed by atoms with Crippen molar-refractivity contribution in [1.29, 1.82) is 0 Å². The number of aldehydes is 1. The molecule has 43 heavy (non-hydrogen) atoms. The molecule has 0 bridgehead atoms. The van der Waals surface area contributed by atoms with Crippen LogP contribution in [0.25, 0.3) is 33.8 Å². The van der Waals surface area contributed by atoms with E-state index in [4.69, 9.17) is 16.6 Å². The summed E-state index contributed by atoms with van der Waals surface area (Å²) in [5.74, 6) is 1.34. The van der Waals surface area contributed by atoms with Gasteiger partial charge in [0, 0.05) is 30.6 Å².